The zero-order valence-electron chi connectivity index (χ0n) is 11.6. The zero-order valence-corrected chi connectivity index (χ0v) is 11.6. The van der Waals surface area contributed by atoms with Gasteiger partial charge in [-0.1, -0.05) is 13.0 Å². The molecule has 19 heavy (non-hydrogen) atoms. The molecule has 0 fully saturated rings. The second-order valence-electron chi connectivity index (χ2n) is 4.39. The molecule has 0 radical (unpaired) electrons. The number of amides is 2. The minimum atomic E-state index is -0.102. The predicted molar refractivity (Wildman–Crippen MR) is 76.2 cm³/mol. The first kappa shape index (κ1) is 15.0. The lowest BCUT2D eigenvalue weighted by Gasteiger charge is -2.12. The van der Waals surface area contributed by atoms with Crippen molar-refractivity contribution in [2.24, 2.45) is 0 Å². The first-order valence-corrected chi connectivity index (χ1v) is 6.42. The number of likely N-dealkylation sites (N-methyl/N-ethyl adjacent to an activating group) is 1. The average Bonchev–Trinajstić information content (AvgIpc) is 2.44. The molecule has 5 nitrogen and oxygen atoms in total. The van der Waals surface area contributed by atoms with E-state index in [2.05, 4.69) is 16.0 Å². The number of hydrogen-bond acceptors (Lipinski definition) is 3. The zero-order chi connectivity index (χ0) is 14.3. The molecule has 0 aliphatic heterocycles. The summed E-state index contributed by atoms with van der Waals surface area (Å²) in [5.41, 5.74) is 1.34. The van der Waals surface area contributed by atoms with Gasteiger partial charge in [0, 0.05) is 24.3 Å². The minimum Gasteiger partial charge on any atom is -0.376 e. The Bertz CT molecular complexity index is 446. The van der Waals surface area contributed by atoms with Gasteiger partial charge >= 0.3 is 0 Å². The largest absolute Gasteiger partial charge is 0.376 e. The van der Waals surface area contributed by atoms with Crippen molar-refractivity contribution >= 4 is 17.5 Å². The van der Waals surface area contributed by atoms with Crippen molar-refractivity contribution < 1.29 is 9.59 Å². The van der Waals surface area contributed by atoms with Crippen LogP contribution in [0.1, 0.15) is 30.6 Å². The van der Waals surface area contributed by atoms with Crippen LogP contribution in [-0.2, 0) is 4.79 Å². The first-order valence-electron chi connectivity index (χ1n) is 6.42. The summed E-state index contributed by atoms with van der Waals surface area (Å²) in [6.45, 7) is 4.17. The summed E-state index contributed by atoms with van der Waals surface area (Å²) in [5, 5.41) is 8.39. The lowest BCUT2D eigenvalue weighted by molar-refractivity contribution is -0.118. The molecule has 5 heteroatoms. The summed E-state index contributed by atoms with van der Waals surface area (Å²) in [4.78, 5) is 23.1. The minimum absolute atomic E-state index is 0.0991. The highest BCUT2D eigenvalue weighted by atomic mass is 16.2. The molecule has 1 unspecified atom stereocenters. The topological polar surface area (TPSA) is 70.2 Å². The van der Waals surface area contributed by atoms with E-state index in [4.69, 9.17) is 0 Å². The van der Waals surface area contributed by atoms with E-state index in [1.165, 1.54) is 0 Å². The van der Waals surface area contributed by atoms with E-state index in [0.717, 1.165) is 12.1 Å². The number of hydrogen-bond donors (Lipinski definition) is 3. The van der Waals surface area contributed by atoms with Crippen LogP contribution >= 0.6 is 0 Å². The van der Waals surface area contributed by atoms with E-state index < -0.39 is 0 Å². The standard InChI is InChI=1S/C14H21N3O2/c1-4-10(2)17-14(19)11-6-5-7-12(8-11)16-9-13(18)15-3/h5-8,10,16H,4,9H2,1-3H3,(H,15,18)(H,17,19). The van der Waals surface area contributed by atoms with E-state index in [0.29, 0.717) is 5.56 Å². The fourth-order valence-electron chi connectivity index (χ4n) is 1.45. The van der Waals surface area contributed by atoms with Crippen LogP contribution in [0.4, 0.5) is 5.69 Å². The molecule has 0 aliphatic rings. The van der Waals surface area contributed by atoms with Crippen molar-refractivity contribution in [3.63, 3.8) is 0 Å². The van der Waals surface area contributed by atoms with E-state index >= 15 is 0 Å². The number of nitrogens with one attached hydrogen (secondary N) is 3. The molecule has 104 valence electrons. The molecular formula is C14H21N3O2. The number of carbonyl (C=O) groups is 2. The monoisotopic (exact) mass is 263 g/mol. The van der Waals surface area contributed by atoms with Gasteiger partial charge in [0.15, 0.2) is 0 Å². The third-order valence-corrected chi connectivity index (χ3v) is 2.85. The van der Waals surface area contributed by atoms with E-state index in [1.54, 1.807) is 25.2 Å². The SMILES string of the molecule is CCC(C)NC(=O)c1cccc(NCC(=O)NC)c1. The smallest absolute Gasteiger partial charge is 0.251 e. The number of benzene rings is 1. The van der Waals surface area contributed by atoms with Crippen LogP contribution in [0.25, 0.3) is 0 Å². The molecule has 1 aromatic rings. The van der Waals surface area contributed by atoms with Gasteiger partial charge in [-0.3, -0.25) is 9.59 Å². The van der Waals surface area contributed by atoms with E-state index in [9.17, 15) is 9.59 Å². The second kappa shape index (κ2) is 7.41. The van der Waals surface area contributed by atoms with Crippen molar-refractivity contribution in [1.29, 1.82) is 0 Å². The third-order valence-electron chi connectivity index (χ3n) is 2.85. The Hall–Kier alpha value is -2.04. The maximum atomic E-state index is 11.9. The van der Waals surface area contributed by atoms with Crippen LogP contribution in [-0.4, -0.2) is 31.4 Å². The van der Waals surface area contributed by atoms with E-state index in [-0.39, 0.29) is 24.4 Å². The number of carbonyl (C=O) groups excluding carboxylic acids is 2. The van der Waals surface area contributed by atoms with Gasteiger partial charge in [0.1, 0.15) is 0 Å². The molecule has 2 amide bonds. The molecule has 0 aliphatic carbocycles. The molecular weight excluding hydrogens is 242 g/mol. The van der Waals surface area contributed by atoms with Gasteiger partial charge in [-0.2, -0.15) is 0 Å². The number of anilines is 1. The quantitative estimate of drug-likeness (QED) is 0.726. The summed E-state index contributed by atoms with van der Waals surface area (Å²) in [5.74, 6) is -0.201. The van der Waals surface area contributed by atoms with Gasteiger partial charge in [0.2, 0.25) is 5.91 Å². The molecule has 1 rings (SSSR count). The van der Waals surface area contributed by atoms with Gasteiger partial charge in [-0.05, 0) is 31.5 Å². The molecule has 0 aromatic heterocycles. The van der Waals surface area contributed by atoms with Crippen molar-refractivity contribution in [1.82, 2.24) is 10.6 Å². The normalized spacial score (nSPS) is 11.5. The Kier molecular flexibility index (Phi) is 5.85. The Morgan fingerprint density at radius 1 is 1.32 bits per heavy atom. The van der Waals surface area contributed by atoms with E-state index in [1.807, 2.05) is 19.9 Å². The van der Waals surface area contributed by atoms with Crippen LogP contribution in [0.5, 0.6) is 0 Å². The first-order chi connectivity index (χ1) is 9.06. The van der Waals surface area contributed by atoms with Crippen molar-refractivity contribution in [3.8, 4) is 0 Å². The lowest BCUT2D eigenvalue weighted by Crippen LogP contribution is -2.32. The highest BCUT2D eigenvalue weighted by Crippen LogP contribution is 2.10. The van der Waals surface area contributed by atoms with Crippen molar-refractivity contribution in [3.05, 3.63) is 29.8 Å². The van der Waals surface area contributed by atoms with Gasteiger partial charge in [-0.15, -0.1) is 0 Å². The summed E-state index contributed by atoms with van der Waals surface area (Å²) in [7, 11) is 1.58. The molecule has 0 bridgehead atoms. The average molecular weight is 263 g/mol. The molecule has 0 saturated heterocycles. The van der Waals surface area contributed by atoms with Crippen LogP contribution in [0, 0.1) is 0 Å². The Labute approximate surface area is 113 Å². The Morgan fingerprint density at radius 2 is 2.05 bits per heavy atom. The Balaban J connectivity index is 2.66. The fourth-order valence-corrected chi connectivity index (χ4v) is 1.45. The fraction of sp³-hybridized carbons (Fsp3) is 0.429. The summed E-state index contributed by atoms with van der Waals surface area (Å²) < 4.78 is 0. The Morgan fingerprint density at radius 3 is 2.68 bits per heavy atom. The maximum Gasteiger partial charge on any atom is 0.251 e. The van der Waals surface area contributed by atoms with Crippen LogP contribution < -0.4 is 16.0 Å². The molecule has 1 atom stereocenters. The summed E-state index contributed by atoms with van der Waals surface area (Å²) in [6.07, 6.45) is 0.889. The summed E-state index contributed by atoms with van der Waals surface area (Å²) in [6, 6.07) is 7.25. The molecule has 0 heterocycles. The van der Waals surface area contributed by atoms with Crippen LogP contribution in [0.3, 0.4) is 0 Å². The molecule has 0 saturated carbocycles. The summed E-state index contributed by atoms with van der Waals surface area (Å²) >= 11 is 0. The van der Waals surface area contributed by atoms with Crippen LogP contribution in [0.15, 0.2) is 24.3 Å². The predicted octanol–water partition coefficient (Wildman–Crippen LogP) is 1.37. The van der Waals surface area contributed by atoms with Crippen molar-refractivity contribution in [2.45, 2.75) is 26.3 Å². The third kappa shape index (κ3) is 4.99. The highest BCUT2D eigenvalue weighted by molar-refractivity contribution is 5.95. The number of rotatable bonds is 6. The van der Waals surface area contributed by atoms with Gasteiger partial charge in [-0.25, -0.2) is 0 Å². The van der Waals surface area contributed by atoms with Crippen LogP contribution in [0.2, 0.25) is 0 Å². The van der Waals surface area contributed by atoms with Gasteiger partial charge < -0.3 is 16.0 Å². The highest BCUT2D eigenvalue weighted by Gasteiger charge is 2.09. The van der Waals surface area contributed by atoms with Crippen molar-refractivity contribution in [2.75, 3.05) is 18.9 Å². The van der Waals surface area contributed by atoms with Gasteiger partial charge in [0.25, 0.3) is 5.91 Å². The maximum absolute atomic E-state index is 11.9. The molecule has 3 N–H and O–H groups in total. The van der Waals surface area contributed by atoms with Gasteiger partial charge in [0.05, 0.1) is 6.54 Å². The second-order valence-corrected chi connectivity index (χ2v) is 4.39. The molecule has 0 spiro atoms. The lowest BCUT2D eigenvalue weighted by atomic mass is 10.1. The molecule has 1 aromatic carbocycles.